The molecular weight excluding hydrogens is 378 g/mol. The number of nitrogens with zero attached hydrogens (tertiary/aromatic N) is 2. The average molecular weight is 408 g/mol. The van der Waals surface area contributed by atoms with Gasteiger partial charge in [0.2, 0.25) is 0 Å². The molecule has 1 saturated heterocycles. The molecule has 0 radical (unpaired) electrons. The Labute approximate surface area is 177 Å². The fourth-order valence-electron chi connectivity index (χ4n) is 4.17. The second kappa shape index (κ2) is 8.13. The lowest BCUT2D eigenvalue weighted by Crippen LogP contribution is -2.43. The number of hydrogen-bond donors (Lipinski definition) is 2. The minimum Gasteiger partial charge on any atom is -0.508 e. The van der Waals surface area contributed by atoms with Crippen molar-refractivity contribution in [1.29, 1.82) is 0 Å². The van der Waals surface area contributed by atoms with Crippen LogP contribution in [-0.4, -0.2) is 54.0 Å². The molecule has 1 aliphatic rings. The van der Waals surface area contributed by atoms with Crippen molar-refractivity contribution in [2.45, 2.75) is 27.3 Å². The van der Waals surface area contributed by atoms with Crippen LogP contribution in [0.1, 0.15) is 32.8 Å². The minimum atomic E-state index is -0.219. The van der Waals surface area contributed by atoms with Crippen LogP contribution >= 0.6 is 0 Å². The van der Waals surface area contributed by atoms with Crippen LogP contribution in [0, 0.1) is 20.8 Å². The summed E-state index contributed by atoms with van der Waals surface area (Å²) >= 11 is 0. The Morgan fingerprint density at radius 1 is 1.10 bits per heavy atom. The van der Waals surface area contributed by atoms with Crippen molar-refractivity contribution in [3.8, 4) is 5.75 Å². The van der Waals surface area contributed by atoms with Gasteiger partial charge >= 0.3 is 0 Å². The molecule has 6 heteroatoms. The van der Waals surface area contributed by atoms with Gasteiger partial charge in [0, 0.05) is 49.4 Å². The highest BCUT2D eigenvalue weighted by Crippen LogP contribution is 2.35. The molecule has 1 aliphatic heterocycles. The number of rotatable bonds is 4. The molecular formula is C24H29N3O3. The number of carbonyl (C=O) groups is 1. The number of aromatic hydroxyl groups is 1. The van der Waals surface area contributed by atoms with Crippen LogP contribution in [0.5, 0.6) is 5.75 Å². The third-order valence-electron chi connectivity index (χ3n) is 5.95. The maximum Gasteiger partial charge on any atom is 0.259 e. The highest BCUT2D eigenvalue weighted by Gasteiger charge is 2.25. The SMILES string of the molecule is Cc1ccc(NC(=O)c2c(C)oc3ccc(O)c(CN4CCN(C)CC4)c23)c(C)c1. The van der Waals surface area contributed by atoms with E-state index in [4.69, 9.17) is 4.42 Å². The third kappa shape index (κ3) is 3.93. The monoisotopic (exact) mass is 407 g/mol. The fraction of sp³-hybridized carbons (Fsp3) is 0.375. The summed E-state index contributed by atoms with van der Waals surface area (Å²) in [5, 5.41) is 14.4. The largest absolute Gasteiger partial charge is 0.508 e. The van der Waals surface area contributed by atoms with E-state index < -0.39 is 0 Å². The van der Waals surface area contributed by atoms with Crippen molar-refractivity contribution in [3.05, 3.63) is 58.3 Å². The summed E-state index contributed by atoms with van der Waals surface area (Å²) < 4.78 is 5.91. The molecule has 1 amide bonds. The zero-order valence-corrected chi connectivity index (χ0v) is 18.1. The van der Waals surface area contributed by atoms with E-state index in [1.807, 2.05) is 32.0 Å². The lowest BCUT2D eigenvalue weighted by atomic mass is 10.0. The van der Waals surface area contributed by atoms with E-state index in [-0.39, 0.29) is 11.7 Å². The Kier molecular flexibility index (Phi) is 5.54. The van der Waals surface area contributed by atoms with Crippen LogP contribution in [0.3, 0.4) is 0 Å². The lowest BCUT2D eigenvalue weighted by molar-refractivity contribution is 0.102. The van der Waals surface area contributed by atoms with Crippen LogP contribution in [0.4, 0.5) is 5.69 Å². The number of fused-ring (bicyclic) bond motifs is 1. The van der Waals surface area contributed by atoms with Gasteiger partial charge in [-0.2, -0.15) is 0 Å². The van der Waals surface area contributed by atoms with Crippen molar-refractivity contribution in [1.82, 2.24) is 9.80 Å². The van der Waals surface area contributed by atoms with Gasteiger partial charge in [0.1, 0.15) is 17.1 Å². The molecule has 1 fully saturated rings. The summed E-state index contributed by atoms with van der Waals surface area (Å²) in [6.07, 6.45) is 0. The molecule has 4 rings (SSSR count). The first kappa shape index (κ1) is 20.4. The van der Waals surface area contributed by atoms with E-state index in [1.54, 1.807) is 19.1 Å². The van der Waals surface area contributed by atoms with Crippen molar-refractivity contribution >= 4 is 22.6 Å². The Balaban J connectivity index is 1.71. The van der Waals surface area contributed by atoms with E-state index in [1.165, 1.54) is 0 Å². The molecule has 2 N–H and O–H groups in total. The lowest BCUT2D eigenvalue weighted by Gasteiger charge is -2.32. The summed E-state index contributed by atoms with van der Waals surface area (Å²) in [4.78, 5) is 17.9. The molecule has 0 atom stereocenters. The summed E-state index contributed by atoms with van der Waals surface area (Å²) in [5.41, 5.74) is 4.80. The first-order valence-electron chi connectivity index (χ1n) is 10.4. The summed E-state index contributed by atoms with van der Waals surface area (Å²) in [6.45, 7) is 10.2. The second-order valence-electron chi connectivity index (χ2n) is 8.32. The molecule has 6 nitrogen and oxygen atoms in total. The molecule has 3 aromatic rings. The van der Waals surface area contributed by atoms with Gasteiger partial charge in [-0.15, -0.1) is 0 Å². The maximum atomic E-state index is 13.3. The number of furan rings is 1. The molecule has 1 aromatic heterocycles. The van der Waals surface area contributed by atoms with Gasteiger partial charge in [0.15, 0.2) is 0 Å². The highest BCUT2D eigenvalue weighted by atomic mass is 16.3. The first-order chi connectivity index (χ1) is 14.3. The Bertz CT molecular complexity index is 1090. The summed E-state index contributed by atoms with van der Waals surface area (Å²) in [5.74, 6) is 0.531. The van der Waals surface area contributed by atoms with E-state index >= 15 is 0 Å². The van der Waals surface area contributed by atoms with Crippen LogP contribution in [0.25, 0.3) is 11.0 Å². The quantitative estimate of drug-likeness (QED) is 0.683. The van der Waals surface area contributed by atoms with Gasteiger partial charge in [-0.25, -0.2) is 0 Å². The molecule has 30 heavy (non-hydrogen) atoms. The number of likely N-dealkylation sites (N-methyl/N-ethyl adjacent to an activating group) is 1. The highest BCUT2D eigenvalue weighted by molar-refractivity contribution is 6.14. The fourth-order valence-corrected chi connectivity index (χ4v) is 4.17. The number of nitrogens with one attached hydrogen (secondary N) is 1. The molecule has 2 aromatic carbocycles. The Hall–Kier alpha value is -2.83. The number of anilines is 1. The average Bonchev–Trinajstić information content (AvgIpc) is 3.04. The number of aryl methyl sites for hydroxylation is 3. The van der Waals surface area contributed by atoms with E-state index in [2.05, 4.69) is 22.2 Å². The van der Waals surface area contributed by atoms with Crippen LogP contribution in [0.2, 0.25) is 0 Å². The number of piperazine rings is 1. The maximum absolute atomic E-state index is 13.3. The molecule has 0 spiro atoms. The van der Waals surface area contributed by atoms with E-state index in [0.717, 1.165) is 48.6 Å². The van der Waals surface area contributed by atoms with Crippen molar-refractivity contribution in [2.75, 3.05) is 38.5 Å². The van der Waals surface area contributed by atoms with Gasteiger partial charge in [0.25, 0.3) is 5.91 Å². The number of benzene rings is 2. The van der Waals surface area contributed by atoms with Crippen LogP contribution in [-0.2, 0) is 6.54 Å². The molecule has 0 bridgehead atoms. The van der Waals surface area contributed by atoms with Gasteiger partial charge in [0.05, 0.1) is 5.56 Å². The number of phenols is 1. The predicted octanol–water partition coefficient (Wildman–Crippen LogP) is 4.06. The Morgan fingerprint density at radius 2 is 1.83 bits per heavy atom. The summed E-state index contributed by atoms with van der Waals surface area (Å²) in [6, 6.07) is 9.33. The van der Waals surface area contributed by atoms with Gasteiger partial charge < -0.3 is 19.7 Å². The van der Waals surface area contributed by atoms with Crippen LogP contribution < -0.4 is 5.32 Å². The van der Waals surface area contributed by atoms with Crippen LogP contribution in [0.15, 0.2) is 34.7 Å². The molecule has 158 valence electrons. The molecule has 0 unspecified atom stereocenters. The predicted molar refractivity (Wildman–Crippen MR) is 119 cm³/mol. The minimum absolute atomic E-state index is 0.197. The van der Waals surface area contributed by atoms with Crippen molar-refractivity contribution < 1.29 is 14.3 Å². The van der Waals surface area contributed by atoms with Gasteiger partial charge in [-0.1, -0.05) is 17.7 Å². The number of carbonyl (C=O) groups excluding carboxylic acids is 1. The Morgan fingerprint density at radius 3 is 2.53 bits per heavy atom. The first-order valence-corrected chi connectivity index (χ1v) is 10.4. The smallest absolute Gasteiger partial charge is 0.259 e. The second-order valence-corrected chi connectivity index (χ2v) is 8.32. The topological polar surface area (TPSA) is 68.9 Å². The van der Waals surface area contributed by atoms with Gasteiger partial charge in [-0.3, -0.25) is 9.69 Å². The zero-order valence-electron chi connectivity index (χ0n) is 18.1. The molecule has 2 heterocycles. The van der Waals surface area contributed by atoms with Gasteiger partial charge in [-0.05, 0) is 51.6 Å². The summed E-state index contributed by atoms with van der Waals surface area (Å²) in [7, 11) is 2.12. The number of amides is 1. The van der Waals surface area contributed by atoms with Crippen molar-refractivity contribution in [3.63, 3.8) is 0 Å². The van der Waals surface area contributed by atoms with E-state index in [9.17, 15) is 9.90 Å². The normalized spacial score (nSPS) is 15.6. The standard InChI is InChI=1S/C24H29N3O3/c1-15-5-6-19(16(2)13-15)25-24(29)22-17(3)30-21-8-7-20(28)18(23(21)22)14-27-11-9-26(4)10-12-27/h5-8,13,28H,9-12,14H2,1-4H3,(H,25,29). The zero-order chi connectivity index (χ0) is 21.4. The number of phenolic OH excluding ortho intramolecular Hbond substituents is 1. The third-order valence-corrected chi connectivity index (χ3v) is 5.95. The van der Waals surface area contributed by atoms with E-state index in [0.29, 0.717) is 28.8 Å². The molecule has 0 saturated carbocycles. The number of hydrogen-bond acceptors (Lipinski definition) is 5. The molecule has 0 aliphatic carbocycles. The van der Waals surface area contributed by atoms with Crippen molar-refractivity contribution in [2.24, 2.45) is 0 Å².